The summed E-state index contributed by atoms with van der Waals surface area (Å²) >= 11 is 0. The van der Waals surface area contributed by atoms with Crippen LogP contribution in [0.4, 0.5) is 0 Å². The van der Waals surface area contributed by atoms with E-state index in [1.165, 1.54) is 0 Å². The summed E-state index contributed by atoms with van der Waals surface area (Å²) in [6.45, 7) is 4.18. The number of aliphatic hydroxyl groups excluding tert-OH is 2. The number of morpholine rings is 1. The van der Waals surface area contributed by atoms with Crippen LogP contribution >= 0.6 is 0 Å². The van der Waals surface area contributed by atoms with Crippen LogP contribution in [0.5, 0.6) is 0 Å². The van der Waals surface area contributed by atoms with Crippen molar-refractivity contribution in [2.75, 3.05) is 39.5 Å². The molecule has 1 unspecified atom stereocenters. The van der Waals surface area contributed by atoms with Gasteiger partial charge in [-0.1, -0.05) is 0 Å². The predicted octanol–water partition coefficient (Wildman–Crippen LogP) is -0.938. The van der Waals surface area contributed by atoms with Gasteiger partial charge < -0.3 is 14.9 Å². The molecule has 0 radical (unpaired) electrons. The first-order chi connectivity index (χ1) is 5.83. The second-order valence-electron chi connectivity index (χ2n) is 3.08. The summed E-state index contributed by atoms with van der Waals surface area (Å²) in [4.78, 5) is 2.24. The largest absolute Gasteiger partial charge is 0.394 e. The van der Waals surface area contributed by atoms with E-state index in [1.807, 2.05) is 0 Å². The summed E-state index contributed by atoms with van der Waals surface area (Å²) in [5.74, 6) is 0. The van der Waals surface area contributed by atoms with Gasteiger partial charge in [0.05, 0.1) is 25.9 Å². The van der Waals surface area contributed by atoms with Crippen LogP contribution in [-0.4, -0.2) is 60.7 Å². The van der Waals surface area contributed by atoms with E-state index in [2.05, 4.69) is 4.90 Å². The van der Waals surface area contributed by atoms with Crippen molar-refractivity contribution >= 4 is 0 Å². The fraction of sp³-hybridized carbons (Fsp3) is 1.00. The maximum absolute atomic E-state index is 9.08. The van der Waals surface area contributed by atoms with Crippen LogP contribution in [-0.2, 0) is 4.74 Å². The van der Waals surface area contributed by atoms with Gasteiger partial charge in [0.15, 0.2) is 0 Å². The summed E-state index contributed by atoms with van der Waals surface area (Å²) in [6, 6.07) is 0. The smallest absolute Gasteiger partial charge is 0.0783 e. The van der Waals surface area contributed by atoms with Crippen molar-refractivity contribution in [3.63, 3.8) is 0 Å². The summed E-state index contributed by atoms with van der Waals surface area (Å²) < 4.78 is 5.18. The van der Waals surface area contributed by atoms with E-state index < -0.39 is 6.10 Å². The molecule has 0 bridgehead atoms. The summed E-state index contributed by atoms with van der Waals surface area (Å²) in [6.07, 6.45) is 0.0871. The number of ether oxygens (including phenoxy) is 1. The molecule has 1 aliphatic heterocycles. The molecule has 4 heteroatoms. The maximum atomic E-state index is 9.08. The van der Waals surface area contributed by atoms with E-state index in [9.17, 15) is 0 Å². The highest BCUT2D eigenvalue weighted by Crippen LogP contribution is 1.99. The number of hydrogen-bond donors (Lipinski definition) is 2. The third-order valence-corrected chi connectivity index (χ3v) is 2.09. The first-order valence-corrected chi connectivity index (χ1v) is 4.42. The molecule has 0 aromatic carbocycles. The molecule has 4 nitrogen and oxygen atoms in total. The Balaban J connectivity index is 2.05. The Kier molecular flexibility index (Phi) is 4.53. The van der Waals surface area contributed by atoms with Crippen molar-refractivity contribution in [2.24, 2.45) is 0 Å². The van der Waals surface area contributed by atoms with Crippen molar-refractivity contribution in [1.29, 1.82) is 0 Å². The van der Waals surface area contributed by atoms with Gasteiger partial charge in [-0.25, -0.2) is 0 Å². The van der Waals surface area contributed by atoms with E-state index in [0.717, 1.165) is 32.8 Å². The first-order valence-electron chi connectivity index (χ1n) is 4.42. The van der Waals surface area contributed by atoms with E-state index >= 15 is 0 Å². The standard InChI is InChI=1S/C8H17NO3/c10-7-8(11)1-2-9-3-5-12-6-4-9/h8,10-11H,1-7H2. The highest BCUT2D eigenvalue weighted by Gasteiger charge is 2.11. The molecular formula is C8H17NO3. The molecule has 2 N–H and O–H groups in total. The molecule has 0 aromatic heterocycles. The van der Waals surface area contributed by atoms with Crippen molar-refractivity contribution in [1.82, 2.24) is 4.90 Å². The Morgan fingerprint density at radius 2 is 2.00 bits per heavy atom. The zero-order valence-electron chi connectivity index (χ0n) is 7.28. The van der Waals surface area contributed by atoms with E-state index in [0.29, 0.717) is 6.42 Å². The third kappa shape index (κ3) is 3.49. The van der Waals surface area contributed by atoms with Crippen LogP contribution in [0, 0.1) is 0 Å². The molecule has 1 fully saturated rings. The Morgan fingerprint density at radius 3 is 2.58 bits per heavy atom. The van der Waals surface area contributed by atoms with Gasteiger partial charge in [0.25, 0.3) is 0 Å². The fourth-order valence-corrected chi connectivity index (χ4v) is 1.25. The SMILES string of the molecule is OCC(O)CCN1CCOCC1. The molecule has 1 saturated heterocycles. The number of nitrogens with zero attached hydrogens (tertiary/aromatic N) is 1. The van der Waals surface area contributed by atoms with Crippen LogP contribution in [0.1, 0.15) is 6.42 Å². The van der Waals surface area contributed by atoms with Crippen LogP contribution in [0.25, 0.3) is 0 Å². The lowest BCUT2D eigenvalue weighted by molar-refractivity contribution is 0.0237. The van der Waals surface area contributed by atoms with E-state index in [1.54, 1.807) is 0 Å². The van der Waals surface area contributed by atoms with Crippen molar-refractivity contribution in [3.8, 4) is 0 Å². The average molecular weight is 175 g/mol. The first kappa shape index (κ1) is 9.92. The normalized spacial score (nSPS) is 22.5. The van der Waals surface area contributed by atoms with Crippen molar-refractivity contribution < 1.29 is 14.9 Å². The van der Waals surface area contributed by atoms with Crippen molar-refractivity contribution in [3.05, 3.63) is 0 Å². The highest BCUT2D eigenvalue weighted by atomic mass is 16.5. The number of hydrogen-bond acceptors (Lipinski definition) is 4. The van der Waals surface area contributed by atoms with Gasteiger partial charge in [-0.3, -0.25) is 4.90 Å². The van der Waals surface area contributed by atoms with Gasteiger partial charge in [-0.05, 0) is 6.42 Å². The van der Waals surface area contributed by atoms with Crippen LogP contribution in [0.2, 0.25) is 0 Å². The summed E-state index contributed by atoms with van der Waals surface area (Å²) in [7, 11) is 0. The van der Waals surface area contributed by atoms with Gasteiger partial charge in [0.2, 0.25) is 0 Å². The van der Waals surface area contributed by atoms with Gasteiger partial charge in [0.1, 0.15) is 0 Å². The minimum absolute atomic E-state index is 0.135. The van der Waals surface area contributed by atoms with Crippen LogP contribution in [0.15, 0.2) is 0 Å². The lowest BCUT2D eigenvalue weighted by atomic mass is 10.2. The molecular weight excluding hydrogens is 158 g/mol. The average Bonchev–Trinajstić information content (AvgIpc) is 2.16. The topological polar surface area (TPSA) is 52.9 Å². The molecule has 0 spiro atoms. The molecule has 12 heavy (non-hydrogen) atoms. The third-order valence-electron chi connectivity index (χ3n) is 2.09. The van der Waals surface area contributed by atoms with E-state index in [4.69, 9.17) is 14.9 Å². The predicted molar refractivity (Wildman–Crippen MR) is 45.0 cm³/mol. The van der Waals surface area contributed by atoms with E-state index in [-0.39, 0.29) is 6.61 Å². The molecule has 1 heterocycles. The van der Waals surface area contributed by atoms with Crippen LogP contribution < -0.4 is 0 Å². The van der Waals surface area contributed by atoms with Gasteiger partial charge >= 0.3 is 0 Å². The molecule has 1 atom stereocenters. The second-order valence-corrected chi connectivity index (χ2v) is 3.08. The summed E-state index contributed by atoms with van der Waals surface area (Å²) in [5, 5.41) is 17.7. The minimum atomic E-state index is -0.562. The fourth-order valence-electron chi connectivity index (χ4n) is 1.25. The van der Waals surface area contributed by atoms with Gasteiger partial charge in [-0.15, -0.1) is 0 Å². The Hall–Kier alpha value is -0.160. The molecule has 0 amide bonds. The monoisotopic (exact) mass is 175 g/mol. The maximum Gasteiger partial charge on any atom is 0.0783 e. The number of rotatable bonds is 4. The quantitative estimate of drug-likeness (QED) is 0.579. The molecule has 0 aliphatic carbocycles. The zero-order chi connectivity index (χ0) is 8.81. The number of aliphatic hydroxyl groups is 2. The second kappa shape index (κ2) is 5.48. The Bertz CT molecular complexity index is 115. The van der Waals surface area contributed by atoms with Gasteiger partial charge in [-0.2, -0.15) is 0 Å². The van der Waals surface area contributed by atoms with Crippen LogP contribution in [0.3, 0.4) is 0 Å². The molecule has 1 rings (SSSR count). The molecule has 72 valence electrons. The van der Waals surface area contributed by atoms with Crippen molar-refractivity contribution in [2.45, 2.75) is 12.5 Å². The summed E-state index contributed by atoms with van der Waals surface area (Å²) in [5.41, 5.74) is 0. The van der Waals surface area contributed by atoms with Gasteiger partial charge in [0, 0.05) is 19.6 Å². The molecule has 0 saturated carbocycles. The highest BCUT2D eigenvalue weighted by molar-refractivity contribution is 4.64. The Labute approximate surface area is 72.7 Å². The minimum Gasteiger partial charge on any atom is -0.394 e. The lowest BCUT2D eigenvalue weighted by Gasteiger charge is -2.27. The lowest BCUT2D eigenvalue weighted by Crippen LogP contribution is -2.38. The Morgan fingerprint density at radius 1 is 1.33 bits per heavy atom. The zero-order valence-corrected chi connectivity index (χ0v) is 7.28. The molecule has 1 aliphatic rings. The molecule has 0 aromatic rings.